The summed E-state index contributed by atoms with van der Waals surface area (Å²) in [5.74, 6) is 0.685. The van der Waals surface area contributed by atoms with Crippen molar-refractivity contribution in [1.29, 1.82) is 5.41 Å². The first-order valence-corrected chi connectivity index (χ1v) is 7.23. The van der Waals surface area contributed by atoms with E-state index in [0.717, 1.165) is 30.2 Å². The van der Waals surface area contributed by atoms with E-state index in [-0.39, 0.29) is 18.0 Å². The fourth-order valence-electron chi connectivity index (χ4n) is 2.47. The fourth-order valence-corrected chi connectivity index (χ4v) is 3.03. The van der Waals surface area contributed by atoms with Crippen LogP contribution in [-0.2, 0) is 4.74 Å². The molecule has 0 saturated heterocycles. The molecule has 1 fully saturated rings. The Bertz CT molecular complexity index is 465. The van der Waals surface area contributed by atoms with Crippen molar-refractivity contribution in [3.63, 3.8) is 0 Å². The molecule has 0 radical (unpaired) electrons. The van der Waals surface area contributed by atoms with Gasteiger partial charge in [-0.3, -0.25) is 5.41 Å². The summed E-state index contributed by atoms with van der Waals surface area (Å²) in [4.78, 5) is 0. The molecule has 0 heterocycles. The Morgan fingerprint density at radius 2 is 2.11 bits per heavy atom. The number of hydrogen-bond acceptors (Lipinski definition) is 3. The topological polar surface area (TPSA) is 68.3 Å². The van der Waals surface area contributed by atoms with Crippen LogP contribution < -0.4 is 10.5 Å². The highest BCUT2D eigenvalue weighted by Gasteiger charge is 2.24. The lowest BCUT2D eigenvalue weighted by Crippen LogP contribution is -2.30. The zero-order chi connectivity index (χ0) is 13.8. The molecule has 19 heavy (non-hydrogen) atoms. The van der Waals surface area contributed by atoms with Gasteiger partial charge in [0.2, 0.25) is 0 Å². The first kappa shape index (κ1) is 14.3. The van der Waals surface area contributed by atoms with Crippen LogP contribution >= 0.6 is 15.9 Å². The summed E-state index contributed by atoms with van der Waals surface area (Å²) in [7, 11) is 1.74. The van der Waals surface area contributed by atoms with E-state index >= 15 is 0 Å². The Morgan fingerprint density at radius 3 is 2.79 bits per heavy atom. The Hall–Kier alpha value is -1.07. The Labute approximate surface area is 121 Å². The van der Waals surface area contributed by atoms with Crippen molar-refractivity contribution < 1.29 is 9.47 Å². The fraction of sp³-hybridized carbons (Fsp3) is 0.500. The quantitative estimate of drug-likeness (QED) is 0.660. The summed E-state index contributed by atoms with van der Waals surface area (Å²) < 4.78 is 12.2. The molecule has 2 unspecified atom stereocenters. The number of nitrogens with one attached hydrogen (secondary N) is 1. The molecule has 2 atom stereocenters. The zero-order valence-corrected chi connectivity index (χ0v) is 12.6. The second-order valence-corrected chi connectivity index (χ2v) is 5.65. The highest BCUT2D eigenvalue weighted by atomic mass is 79.9. The predicted octanol–water partition coefficient (Wildman–Crippen LogP) is 3.07. The number of nitrogens with two attached hydrogens (primary N) is 1. The molecule has 2 rings (SSSR count). The van der Waals surface area contributed by atoms with E-state index in [1.807, 2.05) is 18.2 Å². The molecule has 5 heteroatoms. The predicted molar refractivity (Wildman–Crippen MR) is 78.8 cm³/mol. The van der Waals surface area contributed by atoms with Gasteiger partial charge in [0.05, 0.1) is 11.7 Å². The highest BCUT2D eigenvalue weighted by Crippen LogP contribution is 2.30. The number of ether oxygens (including phenoxy) is 2. The largest absolute Gasteiger partial charge is 0.490 e. The van der Waals surface area contributed by atoms with Gasteiger partial charge in [-0.05, 0) is 47.3 Å². The standard InChI is InChI=1S/C14H19BrN2O2/c1-18-9-4-2-5-10(8-9)19-12-7-3-6-11(15)13(12)14(16)17/h3,6-7,9-10H,2,4-5,8H2,1H3,(H3,16,17). The van der Waals surface area contributed by atoms with Gasteiger partial charge in [0, 0.05) is 18.0 Å². The summed E-state index contributed by atoms with van der Waals surface area (Å²) in [5.41, 5.74) is 6.25. The first-order valence-electron chi connectivity index (χ1n) is 6.44. The maximum atomic E-state index is 7.65. The average Bonchev–Trinajstić information content (AvgIpc) is 2.38. The molecule has 1 aliphatic rings. The molecule has 0 aliphatic heterocycles. The number of amidine groups is 1. The van der Waals surface area contributed by atoms with E-state index in [4.69, 9.17) is 20.6 Å². The molecule has 0 spiro atoms. The molecule has 1 aromatic rings. The van der Waals surface area contributed by atoms with Crippen molar-refractivity contribution in [3.8, 4) is 5.75 Å². The minimum Gasteiger partial charge on any atom is -0.490 e. The molecule has 1 aromatic carbocycles. The summed E-state index contributed by atoms with van der Waals surface area (Å²) in [6, 6.07) is 5.61. The highest BCUT2D eigenvalue weighted by molar-refractivity contribution is 9.10. The Kier molecular flexibility index (Phi) is 4.82. The van der Waals surface area contributed by atoms with Gasteiger partial charge in [0.25, 0.3) is 0 Å². The lowest BCUT2D eigenvalue weighted by Gasteiger charge is -2.29. The zero-order valence-electron chi connectivity index (χ0n) is 11.0. The molecule has 0 aromatic heterocycles. The first-order chi connectivity index (χ1) is 9.11. The maximum Gasteiger partial charge on any atom is 0.131 e. The lowest BCUT2D eigenvalue weighted by molar-refractivity contribution is 0.0209. The monoisotopic (exact) mass is 326 g/mol. The Balaban J connectivity index is 2.14. The van der Waals surface area contributed by atoms with Crippen LogP contribution in [0.15, 0.2) is 22.7 Å². The van der Waals surface area contributed by atoms with E-state index in [1.54, 1.807) is 7.11 Å². The van der Waals surface area contributed by atoms with Crippen molar-refractivity contribution in [2.45, 2.75) is 37.9 Å². The molecule has 0 amide bonds. The normalized spacial score (nSPS) is 23.1. The summed E-state index contributed by atoms with van der Waals surface area (Å²) in [6.07, 6.45) is 4.50. The van der Waals surface area contributed by atoms with Crippen LogP contribution in [0.2, 0.25) is 0 Å². The molecule has 3 N–H and O–H groups in total. The number of nitrogen functional groups attached to an aromatic ring is 1. The molecule has 4 nitrogen and oxygen atoms in total. The van der Waals surface area contributed by atoms with E-state index < -0.39 is 0 Å². The van der Waals surface area contributed by atoms with Crippen molar-refractivity contribution in [2.75, 3.05) is 7.11 Å². The summed E-state index contributed by atoms with van der Waals surface area (Å²) in [6.45, 7) is 0. The van der Waals surface area contributed by atoms with Gasteiger partial charge >= 0.3 is 0 Å². The van der Waals surface area contributed by atoms with Crippen LogP contribution in [0.4, 0.5) is 0 Å². The van der Waals surface area contributed by atoms with Crippen LogP contribution in [0.3, 0.4) is 0 Å². The van der Waals surface area contributed by atoms with Gasteiger partial charge in [-0.2, -0.15) is 0 Å². The van der Waals surface area contributed by atoms with Crippen LogP contribution in [0, 0.1) is 5.41 Å². The van der Waals surface area contributed by atoms with Crippen LogP contribution in [0.25, 0.3) is 0 Å². The van der Waals surface area contributed by atoms with Gasteiger partial charge in [-0.25, -0.2) is 0 Å². The second-order valence-electron chi connectivity index (χ2n) is 4.79. The third kappa shape index (κ3) is 3.48. The van der Waals surface area contributed by atoms with Gasteiger partial charge < -0.3 is 15.2 Å². The van der Waals surface area contributed by atoms with E-state index in [0.29, 0.717) is 11.3 Å². The average molecular weight is 327 g/mol. The van der Waals surface area contributed by atoms with Crippen molar-refractivity contribution >= 4 is 21.8 Å². The smallest absolute Gasteiger partial charge is 0.131 e. The summed E-state index contributed by atoms with van der Waals surface area (Å²) in [5, 5.41) is 7.65. The number of hydrogen-bond donors (Lipinski definition) is 2. The SMILES string of the molecule is COC1CCCC(Oc2cccc(Br)c2C(=N)N)C1. The summed E-state index contributed by atoms with van der Waals surface area (Å²) >= 11 is 3.41. The van der Waals surface area contributed by atoms with Gasteiger partial charge in [-0.1, -0.05) is 6.07 Å². The van der Waals surface area contributed by atoms with Crippen LogP contribution in [0.1, 0.15) is 31.2 Å². The number of methoxy groups -OCH3 is 1. The maximum absolute atomic E-state index is 7.65. The molecular formula is C14H19BrN2O2. The van der Waals surface area contributed by atoms with Crippen molar-refractivity contribution in [3.05, 3.63) is 28.2 Å². The van der Waals surface area contributed by atoms with Crippen LogP contribution in [-0.4, -0.2) is 25.2 Å². The lowest BCUT2D eigenvalue weighted by atomic mass is 9.95. The number of benzene rings is 1. The molecule has 0 bridgehead atoms. The van der Waals surface area contributed by atoms with Gasteiger partial charge in [0.1, 0.15) is 17.7 Å². The third-order valence-electron chi connectivity index (χ3n) is 3.45. The van der Waals surface area contributed by atoms with Gasteiger partial charge in [0.15, 0.2) is 0 Å². The van der Waals surface area contributed by atoms with Crippen molar-refractivity contribution in [2.24, 2.45) is 5.73 Å². The van der Waals surface area contributed by atoms with Crippen molar-refractivity contribution in [1.82, 2.24) is 0 Å². The van der Waals surface area contributed by atoms with Crippen LogP contribution in [0.5, 0.6) is 5.75 Å². The Morgan fingerprint density at radius 1 is 1.37 bits per heavy atom. The van der Waals surface area contributed by atoms with E-state index in [2.05, 4.69) is 15.9 Å². The molecular weight excluding hydrogens is 308 g/mol. The minimum atomic E-state index is 0.0153. The number of rotatable bonds is 4. The van der Waals surface area contributed by atoms with E-state index in [1.165, 1.54) is 0 Å². The minimum absolute atomic E-state index is 0.0153. The molecule has 1 aliphatic carbocycles. The van der Waals surface area contributed by atoms with E-state index in [9.17, 15) is 0 Å². The molecule has 104 valence electrons. The molecule has 1 saturated carbocycles. The number of halogens is 1. The van der Waals surface area contributed by atoms with Gasteiger partial charge in [-0.15, -0.1) is 0 Å². The second kappa shape index (κ2) is 6.39. The third-order valence-corrected chi connectivity index (χ3v) is 4.11.